The van der Waals surface area contributed by atoms with Crippen LogP contribution in [0.5, 0.6) is 17.2 Å². The average molecular weight is 1950 g/mol. The van der Waals surface area contributed by atoms with Gasteiger partial charge in [-0.05, 0) is 265 Å². The van der Waals surface area contributed by atoms with Gasteiger partial charge in [0.1, 0.15) is 17.2 Å². The number of hydrogen-bond acceptors (Lipinski definition) is 8. The van der Waals surface area contributed by atoms with Crippen LogP contribution in [0.15, 0.2) is 291 Å². The highest BCUT2D eigenvalue weighted by molar-refractivity contribution is 6.13. The van der Waals surface area contributed by atoms with Crippen LogP contribution in [0.1, 0.15) is 325 Å². The summed E-state index contributed by atoms with van der Waals surface area (Å²) < 4.78 is 23.4. The van der Waals surface area contributed by atoms with E-state index in [1.165, 1.54) is 347 Å². The van der Waals surface area contributed by atoms with Crippen LogP contribution in [0.25, 0.3) is 111 Å². The fraction of sp³-hybridized carbons (Fsp3) is 0.412. The van der Waals surface area contributed by atoms with Crippen LogP contribution in [-0.2, 0) is 34.7 Å². The lowest BCUT2D eigenvalue weighted by Gasteiger charge is -2.33. The van der Waals surface area contributed by atoms with E-state index in [1.807, 2.05) is 0 Å². The number of hydrogen-bond donors (Lipinski definition) is 0. The predicted molar refractivity (Wildman–Crippen MR) is 610 cm³/mol. The number of imide groups is 2. The minimum absolute atomic E-state index is 0.0178. The Morgan fingerprint density at radius 1 is 0.205 bits per heavy atom. The summed E-state index contributed by atoms with van der Waals surface area (Å²) in [4.78, 5) is 49.6. The minimum atomic E-state index is -0.186. The first-order valence-corrected chi connectivity index (χ1v) is 56.6. The summed E-state index contributed by atoms with van der Waals surface area (Å²) in [7, 11) is 1.75. The monoisotopic (exact) mass is 1950 g/mol. The van der Waals surface area contributed by atoms with E-state index in [4.69, 9.17) is 18.9 Å². The van der Waals surface area contributed by atoms with Crippen molar-refractivity contribution in [1.82, 2.24) is 9.80 Å². The fourth-order valence-corrected chi connectivity index (χ4v) is 22.6. The molecule has 0 saturated heterocycles. The molecule has 0 unspecified atom stereocenters. The zero-order valence-electron chi connectivity index (χ0n) is 88.8. The van der Waals surface area contributed by atoms with Crippen LogP contribution in [0.2, 0.25) is 0 Å². The molecule has 0 fully saturated rings. The molecular formula is C136H162N2O8. The van der Waals surface area contributed by atoms with Crippen molar-refractivity contribution in [3.05, 3.63) is 319 Å². The maximum absolute atomic E-state index is 11.7. The van der Waals surface area contributed by atoms with Gasteiger partial charge in [-0.3, -0.25) is 29.0 Å². The van der Waals surface area contributed by atoms with Crippen LogP contribution < -0.4 is 14.2 Å². The van der Waals surface area contributed by atoms with Gasteiger partial charge in [-0.1, -0.05) is 445 Å². The highest BCUT2D eigenvalue weighted by atomic mass is 16.5. The van der Waals surface area contributed by atoms with Gasteiger partial charge in [-0.25, -0.2) is 0 Å². The van der Waals surface area contributed by atoms with Crippen molar-refractivity contribution in [2.45, 2.75) is 315 Å². The minimum Gasteiger partial charge on any atom is -0.494 e. The summed E-state index contributed by atoms with van der Waals surface area (Å²) >= 11 is 0. The first-order chi connectivity index (χ1) is 71.8. The summed E-state index contributed by atoms with van der Waals surface area (Å²) in [5.41, 5.74) is 33.1. The van der Waals surface area contributed by atoms with E-state index in [0.717, 1.165) is 114 Å². The Hall–Kier alpha value is -12.2. The molecular weight excluding hydrogens is 1790 g/mol. The van der Waals surface area contributed by atoms with Gasteiger partial charge < -0.3 is 18.9 Å². The van der Waals surface area contributed by atoms with E-state index in [0.29, 0.717) is 32.9 Å². The molecule has 764 valence electrons. The molecule has 2 aliphatic carbocycles. The Kier molecular flexibility index (Phi) is 41.9. The maximum Gasteiger partial charge on any atom is 0.253 e. The fourth-order valence-electron chi connectivity index (χ4n) is 22.6. The van der Waals surface area contributed by atoms with E-state index in [-0.39, 0.29) is 34.5 Å². The molecule has 10 heteroatoms. The van der Waals surface area contributed by atoms with Crippen molar-refractivity contribution in [1.29, 1.82) is 0 Å². The van der Waals surface area contributed by atoms with E-state index < -0.39 is 0 Å². The van der Waals surface area contributed by atoms with Crippen molar-refractivity contribution in [2.24, 2.45) is 0 Å². The molecule has 0 radical (unpaired) electrons. The van der Waals surface area contributed by atoms with Crippen LogP contribution in [0.4, 0.5) is 0 Å². The molecule has 146 heavy (non-hydrogen) atoms. The van der Waals surface area contributed by atoms with Gasteiger partial charge in [0, 0.05) is 61.9 Å². The molecule has 0 atom stereocenters. The Balaban J connectivity index is 0.000000220. The lowest BCUT2D eigenvalue weighted by molar-refractivity contribution is -0.138. The van der Waals surface area contributed by atoms with Gasteiger partial charge in [0.05, 0.1) is 19.8 Å². The van der Waals surface area contributed by atoms with E-state index in [2.05, 4.69) is 302 Å². The number of carbonyl (C=O) groups excluding carboxylic acids is 4. The van der Waals surface area contributed by atoms with Gasteiger partial charge in [0.2, 0.25) is 0 Å². The molecule has 4 amide bonds. The lowest BCUT2D eigenvalue weighted by atomic mass is 9.70. The van der Waals surface area contributed by atoms with Crippen molar-refractivity contribution in [3.63, 3.8) is 0 Å². The zero-order chi connectivity index (χ0) is 101. The third-order valence-electron chi connectivity index (χ3n) is 31.3. The first-order valence-electron chi connectivity index (χ1n) is 56.6. The van der Waals surface area contributed by atoms with Crippen LogP contribution in [-0.4, -0.2) is 80.1 Å². The SMILES string of the molecule is CCCCCCCCC1(CCCCCCCC)c2cc(-c3ccc(-c4ccc(C)cc4)cc3)ccc2-c2ccc(-c3ccc(-c4ccc(OCCCCCCCCN5C(=O)C=CC5=O)cc4)cc3)cc21.CCCCCCCCC1(CCCCCCCC)c2cc(-c3ccc(-c4ccc(OCCCCCCCCN5C(=O)C=CC5=O)cc4)cc3)ccc2-c2ccc(-c3ccc(-c4ccc(OCCCCOC)cc4)cc3)cc21. The highest BCUT2D eigenvalue weighted by Crippen LogP contribution is 2.58. The molecule has 0 bridgehead atoms. The molecule has 2 heterocycles. The number of unbranched alkanes of at least 4 members (excludes halogenated alkanes) is 31. The number of fused-ring (bicyclic) bond motifs is 6. The third kappa shape index (κ3) is 29.4. The number of carbonyl (C=O) groups is 4. The number of nitrogens with zero attached hydrogens (tertiary/aromatic N) is 2. The molecule has 16 rings (SSSR count). The normalized spacial score (nSPS) is 13.5. The topological polar surface area (TPSA) is 112 Å². The van der Waals surface area contributed by atoms with Gasteiger partial charge in [-0.2, -0.15) is 0 Å². The lowest BCUT2D eigenvalue weighted by Crippen LogP contribution is -2.30. The van der Waals surface area contributed by atoms with Gasteiger partial charge >= 0.3 is 0 Å². The Labute approximate surface area is 875 Å². The number of rotatable bonds is 62. The molecule has 12 aromatic rings. The zero-order valence-corrected chi connectivity index (χ0v) is 88.8. The van der Waals surface area contributed by atoms with Crippen molar-refractivity contribution >= 4 is 23.6 Å². The molecule has 0 aromatic heterocycles. The maximum atomic E-state index is 11.7. The number of aryl methyl sites for hydroxylation is 1. The molecule has 12 aromatic carbocycles. The molecule has 4 aliphatic rings. The van der Waals surface area contributed by atoms with Crippen LogP contribution in [0, 0.1) is 6.92 Å². The summed E-state index contributed by atoms with van der Waals surface area (Å²) in [6.07, 6.45) is 55.8. The second kappa shape index (κ2) is 56.6. The first kappa shape index (κ1) is 108. The third-order valence-corrected chi connectivity index (χ3v) is 31.3. The molecule has 0 spiro atoms. The van der Waals surface area contributed by atoms with Gasteiger partial charge in [0.15, 0.2) is 0 Å². The quantitative estimate of drug-likeness (QED) is 0.0274. The van der Waals surface area contributed by atoms with Crippen molar-refractivity contribution < 1.29 is 38.1 Å². The number of amides is 4. The summed E-state index contributed by atoms with van der Waals surface area (Å²) in [5, 5.41) is 0. The van der Waals surface area contributed by atoms with E-state index in [9.17, 15) is 19.2 Å². The predicted octanol–water partition coefficient (Wildman–Crippen LogP) is 36.6. The average Bonchev–Trinajstić information content (AvgIpc) is 1.56. The smallest absolute Gasteiger partial charge is 0.253 e. The largest absolute Gasteiger partial charge is 0.494 e. The highest BCUT2D eigenvalue weighted by Gasteiger charge is 2.45. The molecule has 2 aliphatic heterocycles. The molecule has 10 nitrogen and oxygen atoms in total. The van der Waals surface area contributed by atoms with Crippen LogP contribution >= 0.6 is 0 Å². The van der Waals surface area contributed by atoms with Crippen LogP contribution in [0.3, 0.4) is 0 Å². The number of benzene rings is 12. The molecule has 0 N–H and O–H groups in total. The van der Waals surface area contributed by atoms with Gasteiger partial charge in [0.25, 0.3) is 23.6 Å². The number of methoxy groups -OCH3 is 1. The second-order valence-corrected chi connectivity index (χ2v) is 41.8. The Bertz CT molecular complexity index is 6080. The summed E-state index contributed by atoms with van der Waals surface area (Å²) in [6.45, 7) is 15.3. The van der Waals surface area contributed by atoms with Crippen molar-refractivity contribution in [2.75, 3.05) is 46.6 Å². The standard InChI is InChI=1S/C70H85NO5.C66H77NO3/c1-4-6-8-10-14-18-46-70(47-19-15-11-9-7-5-2)66-52-60(58-28-24-54(25-29-58)56-32-38-62(39-33-56)75-50-21-17-13-12-16-20-48-71-68(72)44-45-69(71)73)36-42-64(66)65-43-37-61(53-67(65)70)59-30-26-55(27-31-59)57-34-40-63(41-35-57)76-51-23-22-49-74-3;1-4-6-8-10-14-18-44-66(45-19-15-11-9-7-5-2)62-48-57(55-30-26-52(27-31-55)51-24-22-50(3)23-25-51)36-40-60(62)61-41-37-58(49-63(61)66)56-32-28-53(29-33-56)54-34-38-59(39-35-54)70-47-21-17-13-12-16-20-46-67-64(68)42-43-65(67)69/h24-45,52-53H,4-23,46-51H2,1-3H3;22-43,48-49H,4-21,44-47H2,1-3H3. The summed E-state index contributed by atoms with van der Waals surface area (Å²) in [5.74, 6) is 1.97. The van der Waals surface area contributed by atoms with E-state index >= 15 is 0 Å². The summed E-state index contributed by atoms with van der Waals surface area (Å²) in [6, 6.07) is 101. The number of ether oxygens (including phenoxy) is 4. The van der Waals surface area contributed by atoms with Gasteiger partial charge in [-0.15, -0.1) is 0 Å². The Morgan fingerprint density at radius 2 is 0.390 bits per heavy atom. The van der Waals surface area contributed by atoms with E-state index in [1.54, 1.807) is 12.7 Å². The molecule has 0 saturated carbocycles. The second-order valence-electron chi connectivity index (χ2n) is 41.8. The van der Waals surface area contributed by atoms with Crippen molar-refractivity contribution in [3.8, 4) is 129 Å². The Morgan fingerprint density at radius 3 is 0.630 bits per heavy atom.